The van der Waals surface area contributed by atoms with Gasteiger partial charge in [0.05, 0.1) is 4.88 Å². The first-order valence-electron chi connectivity index (χ1n) is 7.59. The first-order chi connectivity index (χ1) is 11.0. The molecule has 1 fully saturated rings. The second-order valence-electron chi connectivity index (χ2n) is 5.85. The maximum atomic E-state index is 11.9. The summed E-state index contributed by atoms with van der Waals surface area (Å²) in [4.78, 5) is 28.8. The Balaban J connectivity index is 1.46. The monoisotopic (exact) mass is 333 g/mol. The van der Waals surface area contributed by atoms with E-state index < -0.39 is 0 Å². The minimum atomic E-state index is -0.220. The summed E-state index contributed by atoms with van der Waals surface area (Å²) in [7, 11) is 0. The van der Waals surface area contributed by atoms with E-state index in [9.17, 15) is 9.59 Å². The minimum Gasteiger partial charge on any atom is -0.355 e. The van der Waals surface area contributed by atoms with Crippen molar-refractivity contribution in [3.05, 3.63) is 17.0 Å². The van der Waals surface area contributed by atoms with Gasteiger partial charge in [-0.3, -0.25) is 20.0 Å². The zero-order valence-electron chi connectivity index (χ0n) is 13.0. The Labute approximate surface area is 137 Å². The van der Waals surface area contributed by atoms with Gasteiger partial charge in [-0.1, -0.05) is 6.92 Å². The fourth-order valence-corrected chi connectivity index (χ4v) is 3.20. The number of rotatable bonds is 6. The predicted octanol–water partition coefficient (Wildman–Crippen LogP) is 1.94. The lowest BCUT2D eigenvalue weighted by molar-refractivity contribution is -0.122. The summed E-state index contributed by atoms with van der Waals surface area (Å²) in [5.74, 6) is 1.31. The van der Waals surface area contributed by atoms with Crippen molar-refractivity contribution in [2.45, 2.75) is 26.7 Å². The fraction of sp³-hybridized carbons (Fsp3) is 0.467. The topological polar surface area (TPSA) is 99.8 Å². The van der Waals surface area contributed by atoms with Crippen LogP contribution in [0.15, 0.2) is 11.4 Å². The molecule has 2 aromatic heterocycles. The summed E-state index contributed by atoms with van der Waals surface area (Å²) in [5, 5.41) is 14.2. The SMILES string of the molecule is Cc1ccsc1-c1nc(NC(=O)CCNC(=O)C2CC2C)n[nH]1. The average molecular weight is 333 g/mol. The molecule has 0 aromatic carbocycles. The van der Waals surface area contributed by atoms with Crippen LogP contribution in [0.5, 0.6) is 0 Å². The van der Waals surface area contributed by atoms with Gasteiger partial charge >= 0.3 is 0 Å². The number of aromatic nitrogens is 3. The molecule has 2 heterocycles. The van der Waals surface area contributed by atoms with E-state index in [2.05, 4.69) is 25.8 Å². The van der Waals surface area contributed by atoms with Crippen molar-refractivity contribution in [1.29, 1.82) is 0 Å². The lowest BCUT2D eigenvalue weighted by atomic mass is 10.3. The molecule has 3 N–H and O–H groups in total. The third-order valence-electron chi connectivity index (χ3n) is 3.91. The normalized spacial score (nSPS) is 19.4. The number of hydrogen-bond donors (Lipinski definition) is 3. The number of thiophene rings is 1. The van der Waals surface area contributed by atoms with E-state index in [1.165, 1.54) is 0 Å². The van der Waals surface area contributed by atoms with E-state index >= 15 is 0 Å². The van der Waals surface area contributed by atoms with Gasteiger partial charge in [-0.15, -0.1) is 16.4 Å². The molecule has 0 spiro atoms. The van der Waals surface area contributed by atoms with Crippen molar-refractivity contribution in [3.63, 3.8) is 0 Å². The van der Waals surface area contributed by atoms with Crippen molar-refractivity contribution in [1.82, 2.24) is 20.5 Å². The average Bonchev–Trinajstić information content (AvgIpc) is 2.88. The molecule has 2 unspecified atom stereocenters. The zero-order chi connectivity index (χ0) is 16.4. The number of carbonyl (C=O) groups excluding carboxylic acids is 2. The Morgan fingerprint density at radius 3 is 2.91 bits per heavy atom. The Bertz CT molecular complexity index is 723. The van der Waals surface area contributed by atoms with Gasteiger partial charge in [0.1, 0.15) is 0 Å². The summed E-state index contributed by atoms with van der Waals surface area (Å²) in [6.45, 7) is 4.37. The number of nitrogens with one attached hydrogen (secondary N) is 3. The van der Waals surface area contributed by atoms with Gasteiger partial charge in [-0.2, -0.15) is 4.98 Å². The summed E-state index contributed by atoms with van der Waals surface area (Å²) in [6, 6.07) is 2.00. The molecular weight excluding hydrogens is 314 g/mol. The summed E-state index contributed by atoms with van der Waals surface area (Å²) in [5.41, 5.74) is 1.11. The van der Waals surface area contributed by atoms with Gasteiger partial charge in [0.25, 0.3) is 0 Å². The molecule has 0 saturated heterocycles. The minimum absolute atomic E-state index is 0.0404. The van der Waals surface area contributed by atoms with Gasteiger partial charge in [0, 0.05) is 18.9 Å². The van der Waals surface area contributed by atoms with E-state index in [-0.39, 0.29) is 30.1 Å². The van der Waals surface area contributed by atoms with Gasteiger partial charge in [0.2, 0.25) is 17.8 Å². The second kappa shape index (κ2) is 6.49. The Kier molecular flexibility index (Phi) is 4.42. The van der Waals surface area contributed by atoms with Crippen LogP contribution in [0.1, 0.15) is 25.3 Å². The van der Waals surface area contributed by atoms with Gasteiger partial charge in [-0.05, 0) is 36.3 Å². The highest BCUT2D eigenvalue weighted by atomic mass is 32.1. The Morgan fingerprint density at radius 2 is 2.26 bits per heavy atom. The Hall–Kier alpha value is -2.22. The smallest absolute Gasteiger partial charge is 0.249 e. The number of H-pyrrole nitrogens is 1. The van der Waals surface area contributed by atoms with E-state index in [0.29, 0.717) is 18.3 Å². The largest absolute Gasteiger partial charge is 0.355 e. The zero-order valence-corrected chi connectivity index (χ0v) is 13.9. The highest BCUT2D eigenvalue weighted by Gasteiger charge is 2.38. The van der Waals surface area contributed by atoms with Crippen LogP contribution in [0.4, 0.5) is 5.95 Å². The summed E-state index contributed by atoms with van der Waals surface area (Å²) in [6.07, 6.45) is 1.15. The molecule has 2 amide bonds. The summed E-state index contributed by atoms with van der Waals surface area (Å²) >= 11 is 1.57. The van der Waals surface area contributed by atoms with Crippen LogP contribution in [-0.4, -0.2) is 33.5 Å². The molecular formula is C15H19N5O2S. The van der Waals surface area contributed by atoms with Crippen LogP contribution < -0.4 is 10.6 Å². The molecule has 0 radical (unpaired) electrons. The van der Waals surface area contributed by atoms with Crippen molar-refractivity contribution >= 4 is 29.1 Å². The lowest BCUT2D eigenvalue weighted by Crippen LogP contribution is -2.29. The van der Waals surface area contributed by atoms with Crippen molar-refractivity contribution in [2.24, 2.45) is 11.8 Å². The number of aromatic amines is 1. The van der Waals surface area contributed by atoms with Crippen LogP contribution in [0.25, 0.3) is 10.7 Å². The van der Waals surface area contributed by atoms with Gasteiger partial charge in [-0.25, -0.2) is 0 Å². The molecule has 0 aliphatic heterocycles. The van der Waals surface area contributed by atoms with Gasteiger partial charge < -0.3 is 5.32 Å². The second-order valence-corrected chi connectivity index (χ2v) is 6.77. The molecule has 23 heavy (non-hydrogen) atoms. The molecule has 2 atom stereocenters. The van der Waals surface area contributed by atoms with Crippen LogP contribution in [0, 0.1) is 18.8 Å². The molecule has 1 aliphatic rings. The first-order valence-corrected chi connectivity index (χ1v) is 8.47. The standard InChI is InChI=1S/C15H19N5O2S/c1-8-4-6-23-12(8)13-18-15(20-19-13)17-11(21)3-5-16-14(22)10-7-9(10)2/h4,6,9-10H,3,5,7H2,1-2H3,(H,16,22)(H2,17,18,19,20,21). The van der Waals surface area contributed by atoms with Crippen LogP contribution in [0.3, 0.4) is 0 Å². The molecule has 7 nitrogen and oxygen atoms in total. The number of hydrogen-bond acceptors (Lipinski definition) is 5. The summed E-state index contributed by atoms with van der Waals surface area (Å²) < 4.78 is 0. The molecule has 1 aliphatic carbocycles. The number of amides is 2. The quantitative estimate of drug-likeness (QED) is 0.752. The fourth-order valence-electron chi connectivity index (χ4n) is 2.34. The van der Waals surface area contributed by atoms with E-state index in [1.807, 2.05) is 25.3 Å². The number of aryl methyl sites for hydroxylation is 1. The van der Waals surface area contributed by atoms with E-state index in [1.54, 1.807) is 11.3 Å². The maximum Gasteiger partial charge on any atom is 0.249 e. The van der Waals surface area contributed by atoms with Crippen LogP contribution in [-0.2, 0) is 9.59 Å². The molecule has 8 heteroatoms. The first kappa shape index (κ1) is 15.7. The molecule has 1 saturated carbocycles. The number of carbonyl (C=O) groups is 2. The van der Waals surface area contributed by atoms with E-state index in [4.69, 9.17) is 0 Å². The third kappa shape index (κ3) is 3.76. The number of nitrogens with zero attached hydrogens (tertiary/aromatic N) is 2. The highest BCUT2D eigenvalue weighted by molar-refractivity contribution is 7.13. The molecule has 122 valence electrons. The molecule has 3 rings (SSSR count). The van der Waals surface area contributed by atoms with Gasteiger partial charge in [0.15, 0.2) is 5.82 Å². The third-order valence-corrected chi connectivity index (χ3v) is 4.93. The van der Waals surface area contributed by atoms with Crippen LogP contribution >= 0.6 is 11.3 Å². The van der Waals surface area contributed by atoms with Crippen molar-refractivity contribution in [2.75, 3.05) is 11.9 Å². The highest BCUT2D eigenvalue weighted by Crippen LogP contribution is 2.37. The molecule has 0 bridgehead atoms. The van der Waals surface area contributed by atoms with Crippen molar-refractivity contribution < 1.29 is 9.59 Å². The van der Waals surface area contributed by atoms with Crippen molar-refractivity contribution in [3.8, 4) is 10.7 Å². The Morgan fingerprint density at radius 1 is 1.48 bits per heavy atom. The predicted molar refractivity (Wildman–Crippen MR) is 88.0 cm³/mol. The van der Waals surface area contributed by atoms with Crippen LogP contribution in [0.2, 0.25) is 0 Å². The number of anilines is 1. The van der Waals surface area contributed by atoms with E-state index in [0.717, 1.165) is 16.9 Å². The molecule has 2 aromatic rings. The lowest BCUT2D eigenvalue weighted by Gasteiger charge is -2.04. The maximum absolute atomic E-state index is 11.9.